The molecule has 0 amide bonds. The van der Waals surface area contributed by atoms with Crippen LogP contribution in [0.3, 0.4) is 0 Å². The maximum Gasteiger partial charge on any atom is 0.305 e. The number of ether oxygens (including phenoxy) is 1. The van der Waals surface area contributed by atoms with E-state index in [4.69, 9.17) is 4.74 Å². The molecule has 4 rings (SSSR count). The summed E-state index contributed by atoms with van der Waals surface area (Å²) in [4.78, 5) is 0. The highest BCUT2D eigenvalue weighted by atomic mass is 32.3. The second-order valence-electron chi connectivity index (χ2n) is 4.32. The van der Waals surface area contributed by atoms with Crippen molar-refractivity contribution in [3.05, 3.63) is 0 Å². The molecular weight excluding hydrogens is 195 g/mol. The fourth-order valence-electron chi connectivity index (χ4n) is 3.04. The van der Waals surface area contributed by atoms with Gasteiger partial charge in [0.1, 0.15) is 0 Å². The molecule has 2 bridgehead atoms. The van der Waals surface area contributed by atoms with Gasteiger partial charge in [-0.05, 0) is 25.2 Å². The Morgan fingerprint density at radius 2 is 2.00 bits per heavy atom. The third-order valence-electron chi connectivity index (χ3n) is 3.69. The number of hydrogen-bond donors (Lipinski definition) is 0. The molecule has 0 N–H and O–H groups in total. The van der Waals surface area contributed by atoms with Gasteiger partial charge in [0.2, 0.25) is 0 Å². The van der Waals surface area contributed by atoms with Gasteiger partial charge in [-0.1, -0.05) is 0 Å². The minimum atomic E-state index is -4.34. The van der Waals surface area contributed by atoms with E-state index in [0.29, 0.717) is 12.3 Å². The molecule has 1 saturated heterocycles. The van der Waals surface area contributed by atoms with Gasteiger partial charge in [-0.2, -0.15) is 8.42 Å². The second kappa shape index (κ2) is 2.25. The number of rotatable bonds is 1. The van der Waals surface area contributed by atoms with E-state index < -0.39 is 15.5 Å². The second-order valence-corrected chi connectivity index (χ2v) is 5.87. The predicted octanol–water partition coefficient (Wildman–Crippen LogP) is 0.852. The topological polar surface area (TPSA) is 46.7 Å². The average molecular weight is 206 g/mol. The van der Waals surface area contributed by atoms with Crippen LogP contribution >= 0.6 is 0 Å². The van der Waals surface area contributed by atoms with Gasteiger partial charge >= 0.3 is 10.2 Å². The predicted molar refractivity (Wildman–Crippen MR) is 43.3 cm³/mol. The minimum Gasteiger partial charge on any atom is -0.369 e. The highest BCUT2D eigenvalue weighted by molar-refractivity contribution is 7.87. The molecule has 74 valence electrons. The van der Waals surface area contributed by atoms with Gasteiger partial charge in [-0.15, -0.1) is 3.89 Å². The van der Waals surface area contributed by atoms with Crippen LogP contribution in [0.2, 0.25) is 0 Å². The Bertz CT molecular complexity index is 339. The third kappa shape index (κ3) is 1.06. The van der Waals surface area contributed by atoms with Crippen molar-refractivity contribution in [3.8, 4) is 0 Å². The monoisotopic (exact) mass is 206 g/mol. The fourth-order valence-corrected chi connectivity index (χ4v) is 4.23. The van der Waals surface area contributed by atoms with E-state index in [1.54, 1.807) is 0 Å². The first-order valence-electron chi connectivity index (χ1n) is 4.66. The smallest absolute Gasteiger partial charge is 0.305 e. The molecule has 3 saturated carbocycles. The fraction of sp³-hybridized carbons (Fsp3) is 1.00. The Morgan fingerprint density at radius 3 is 2.62 bits per heavy atom. The lowest BCUT2D eigenvalue weighted by molar-refractivity contribution is 0.218. The Morgan fingerprint density at radius 1 is 1.23 bits per heavy atom. The third-order valence-corrected chi connectivity index (χ3v) is 4.96. The lowest BCUT2D eigenvalue weighted by Gasteiger charge is -2.36. The van der Waals surface area contributed by atoms with Crippen LogP contribution in [-0.4, -0.2) is 25.9 Å². The lowest BCUT2D eigenvalue weighted by atomic mass is 9.70. The molecule has 0 spiro atoms. The SMILES string of the molecule is O=S(=O)(F)[C@@H]1C[C@H]2CC[C@H]1[C@H]1O[C@H]21. The van der Waals surface area contributed by atoms with E-state index in [0.717, 1.165) is 12.8 Å². The molecular formula is C8H11FO3S. The largest absolute Gasteiger partial charge is 0.369 e. The molecule has 0 aromatic rings. The van der Waals surface area contributed by atoms with Crippen LogP contribution in [0.1, 0.15) is 19.3 Å². The van der Waals surface area contributed by atoms with Gasteiger partial charge in [-0.25, -0.2) is 0 Å². The average Bonchev–Trinajstić information content (AvgIpc) is 2.82. The molecule has 4 aliphatic rings. The van der Waals surface area contributed by atoms with E-state index in [-0.39, 0.29) is 18.1 Å². The van der Waals surface area contributed by atoms with Crippen LogP contribution < -0.4 is 0 Å². The minimum absolute atomic E-state index is 0.0584. The maximum absolute atomic E-state index is 12.8. The van der Waals surface area contributed by atoms with Crippen LogP contribution in [0.25, 0.3) is 0 Å². The Balaban J connectivity index is 1.94. The first-order chi connectivity index (χ1) is 6.07. The van der Waals surface area contributed by atoms with Crippen molar-refractivity contribution >= 4 is 10.2 Å². The van der Waals surface area contributed by atoms with E-state index in [1.807, 2.05) is 0 Å². The van der Waals surface area contributed by atoms with Gasteiger partial charge < -0.3 is 4.74 Å². The molecule has 0 unspecified atom stereocenters. The molecule has 1 heterocycles. The molecule has 3 nitrogen and oxygen atoms in total. The summed E-state index contributed by atoms with van der Waals surface area (Å²) >= 11 is 0. The van der Waals surface area contributed by atoms with Crippen molar-refractivity contribution in [1.82, 2.24) is 0 Å². The zero-order valence-electron chi connectivity index (χ0n) is 7.02. The molecule has 13 heavy (non-hydrogen) atoms. The van der Waals surface area contributed by atoms with Gasteiger partial charge in [-0.3, -0.25) is 0 Å². The zero-order valence-corrected chi connectivity index (χ0v) is 7.84. The van der Waals surface area contributed by atoms with Crippen LogP contribution in [0.15, 0.2) is 0 Å². The van der Waals surface area contributed by atoms with Crippen molar-refractivity contribution in [2.24, 2.45) is 11.8 Å². The van der Waals surface area contributed by atoms with Crippen molar-refractivity contribution < 1.29 is 17.0 Å². The molecule has 4 fully saturated rings. The van der Waals surface area contributed by atoms with Gasteiger partial charge in [0.25, 0.3) is 0 Å². The quantitative estimate of drug-likeness (QED) is 0.472. The van der Waals surface area contributed by atoms with Crippen LogP contribution in [0.5, 0.6) is 0 Å². The van der Waals surface area contributed by atoms with E-state index in [1.165, 1.54) is 0 Å². The highest BCUT2D eigenvalue weighted by Gasteiger charge is 2.62. The van der Waals surface area contributed by atoms with Crippen LogP contribution in [0, 0.1) is 11.8 Å². The molecule has 5 atom stereocenters. The van der Waals surface area contributed by atoms with Gasteiger partial charge in [0, 0.05) is 5.92 Å². The molecule has 1 aliphatic heterocycles. The lowest BCUT2D eigenvalue weighted by Crippen LogP contribution is -2.44. The summed E-state index contributed by atoms with van der Waals surface area (Å²) in [7, 11) is -4.34. The summed E-state index contributed by atoms with van der Waals surface area (Å²) in [6.45, 7) is 0. The zero-order chi connectivity index (χ0) is 9.22. The molecule has 0 aromatic heterocycles. The van der Waals surface area contributed by atoms with Crippen molar-refractivity contribution in [2.45, 2.75) is 36.7 Å². The van der Waals surface area contributed by atoms with Crippen LogP contribution in [0.4, 0.5) is 3.89 Å². The van der Waals surface area contributed by atoms with E-state index in [9.17, 15) is 12.3 Å². The molecule has 5 heteroatoms. The number of halogens is 1. The summed E-state index contributed by atoms with van der Waals surface area (Å²) < 4.78 is 39.8. The summed E-state index contributed by atoms with van der Waals surface area (Å²) in [6, 6.07) is 0. The number of fused-ring (bicyclic) bond motifs is 2. The number of hydrogen-bond acceptors (Lipinski definition) is 3. The molecule has 0 aromatic carbocycles. The van der Waals surface area contributed by atoms with Gasteiger partial charge in [0.05, 0.1) is 17.5 Å². The van der Waals surface area contributed by atoms with E-state index >= 15 is 0 Å². The standard InChI is InChI=1S/C8H11FO3S/c9-13(10,11)6-3-4-1-2-5(6)8-7(4)12-8/h4-8H,1-3H2/t4-,5-,6-,7-,8-/m1/s1. The Kier molecular flexibility index (Phi) is 1.42. The van der Waals surface area contributed by atoms with Crippen molar-refractivity contribution in [2.75, 3.05) is 0 Å². The maximum atomic E-state index is 12.8. The molecule has 0 radical (unpaired) electrons. The summed E-state index contributed by atoms with van der Waals surface area (Å²) in [5.41, 5.74) is 0. The Labute approximate surface area is 76.5 Å². The normalized spacial score (nSPS) is 53.2. The summed E-state index contributed by atoms with van der Waals surface area (Å²) in [5, 5.41) is -0.769. The molecule has 3 aliphatic carbocycles. The van der Waals surface area contributed by atoms with Crippen LogP contribution in [-0.2, 0) is 15.0 Å². The summed E-state index contributed by atoms with van der Waals surface area (Å²) in [6.07, 6.45) is 2.63. The first-order valence-corrected chi connectivity index (χ1v) is 6.11. The number of epoxide rings is 1. The first kappa shape index (κ1) is 8.17. The Hall–Kier alpha value is -0.160. The summed E-state index contributed by atoms with van der Waals surface area (Å²) in [5.74, 6) is 0.232. The highest BCUT2D eigenvalue weighted by Crippen LogP contribution is 2.54. The van der Waals surface area contributed by atoms with Crippen molar-refractivity contribution in [3.63, 3.8) is 0 Å². The van der Waals surface area contributed by atoms with Crippen molar-refractivity contribution in [1.29, 1.82) is 0 Å². The van der Waals surface area contributed by atoms with E-state index in [2.05, 4.69) is 0 Å². The van der Waals surface area contributed by atoms with Gasteiger partial charge in [0.15, 0.2) is 0 Å².